The van der Waals surface area contributed by atoms with E-state index in [1.807, 2.05) is 0 Å². The van der Waals surface area contributed by atoms with Gasteiger partial charge in [0.15, 0.2) is 0 Å². The minimum Gasteiger partial charge on any atom is -0.316 e. The Morgan fingerprint density at radius 2 is 2.18 bits per heavy atom. The molecular weight excluding hydrogens is 136 g/mol. The number of nitrogens with one attached hydrogen (secondary N) is 1. The summed E-state index contributed by atoms with van der Waals surface area (Å²) in [6.07, 6.45) is 4.26. The van der Waals surface area contributed by atoms with Crippen molar-refractivity contribution < 1.29 is 0 Å². The first-order valence-electron chi connectivity index (χ1n) is 4.62. The van der Waals surface area contributed by atoms with Crippen LogP contribution in [-0.4, -0.2) is 38.1 Å². The van der Waals surface area contributed by atoms with Gasteiger partial charge in [-0.15, -0.1) is 0 Å². The smallest absolute Gasteiger partial charge is 0.0158 e. The Bertz CT molecular complexity index is 148. The molecule has 0 aromatic rings. The molecule has 0 aromatic carbocycles. The molecular formula is C9H18N2. The van der Waals surface area contributed by atoms with Crippen LogP contribution >= 0.6 is 0 Å². The predicted molar refractivity (Wildman–Crippen MR) is 46.6 cm³/mol. The van der Waals surface area contributed by atoms with Crippen LogP contribution in [0.3, 0.4) is 0 Å². The molecule has 0 bridgehead atoms. The first-order chi connectivity index (χ1) is 5.25. The maximum absolute atomic E-state index is 3.47. The van der Waals surface area contributed by atoms with Crippen molar-refractivity contribution in [3.8, 4) is 0 Å². The molecule has 2 aliphatic rings. The topological polar surface area (TPSA) is 15.3 Å². The molecule has 1 saturated carbocycles. The van der Waals surface area contributed by atoms with Crippen LogP contribution in [0.4, 0.5) is 0 Å². The average Bonchev–Trinajstić information content (AvgIpc) is 2.31. The van der Waals surface area contributed by atoms with Gasteiger partial charge in [-0.3, -0.25) is 0 Å². The maximum atomic E-state index is 3.47. The van der Waals surface area contributed by atoms with Gasteiger partial charge in [0.1, 0.15) is 0 Å². The van der Waals surface area contributed by atoms with Gasteiger partial charge in [0.2, 0.25) is 0 Å². The molecule has 64 valence electrons. The lowest BCUT2D eigenvalue weighted by atomic mass is 9.63. The van der Waals surface area contributed by atoms with Gasteiger partial charge < -0.3 is 10.2 Å². The lowest BCUT2D eigenvalue weighted by molar-refractivity contribution is 0.0162. The molecule has 1 aliphatic heterocycles. The summed E-state index contributed by atoms with van der Waals surface area (Å²) in [4.78, 5) is 2.40. The summed E-state index contributed by atoms with van der Waals surface area (Å²) < 4.78 is 0. The van der Waals surface area contributed by atoms with E-state index < -0.39 is 0 Å². The Morgan fingerprint density at radius 3 is 2.55 bits per heavy atom. The normalized spacial score (nSPS) is 43.4. The predicted octanol–water partition coefficient (Wildman–Crippen LogP) is 0.690. The van der Waals surface area contributed by atoms with Gasteiger partial charge in [0.25, 0.3) is 0 Å². The van der Waals surface area contributed by atoms with Gasteiger partial charge in [-0.25, -0.2) is 0 Å². The highest BCUT2D eigenvalue weighted by Gasteiger charge is 2.48. The van der Waals surface area contributed by atoms with Crippen LogP contribution in [0.2, 0.25) is 0 Å². The van der Waals surface area contributed by atoms with Gasteiger partial charge in [-0.2, -0.15) is 0 Å². The fraction of sp³-hybridized carbons (Fsp3) is 1.00. The molecule has 11 heavy (non-hydrogen) atoms. The van der Waals surface area contributed by atoms with Crippen molar-refractivity contribution in [3.63, 3.8) is 0 Å². The zero-order valence-electron chi connectivity index (χ0n) is 7.56. The van der Waals surface area contributed by atoms with Gasteiger partial charge in [0, 0.05) is 12.6 Å². The monoisotopic (exact) mass is 154 g/mol. The van der Waals surface area contributed by atoms with Gasteiger partial charge >= 0.3 is 0 Å². The molecule has 1 heterocycles. The number of nitrogens with zero attached hydrogens (tertiary/aromatic N) is 1. The molecule has 0 amide bonds. The fourth-order valence-electron chi connectivity index (χ4n) is 2.75. The lowest BCUT2D eigenvalue weighted by Crippen LogP contribution is -2.53. The molecule has 1 aliphatic carbocycles. The van der Waals surface area contributed by atoms with Crippen molar-refractivity contribution in [2.75, 3.05) is 27.2 Å². The molecule has 2 atom stereocenters. The largest absolute Gasteiger partial charge is 0.316 e. The highest BCUT2D eigenvalue weighted by atomic mass is 15.1. The van der Waals surface area contributed by atoms with Gasteiger partial charge in [-0.1, -0.05) is 0 Å². The van der Waals surface area contributed by atoms with E-state index in [1.165, 1.54) is 32.4 Å². The Kier molecular flexibility index (Phi) is 1.69. The number of hydrogen-bond donors (Lipinski definition) is 1. The highest BCUT2D eigenvalue weighted by molar-refractivity contribution is 5.04. The zero-order valence-corrected chi connectivity index (χ0v) is 7.56. The van der Waals surface area contributed by atoms with Crippen LogP contribution in [-0.2, 0) is 0 Å². The average molecular weight is 154 g/mol. The molecule has 2 heteroatoms. The second kappa shape index (κ2) is 2.46. The quantitative estimate of drug-likeness (QED) is 0.598. The summed E-state index contributed by atoms with van der Waals surface area (Å²) >= 11 is 0. The summed E-state index contributed by atoms with van der Waals surface area (Å²) in [5, 5.41) is 3.47. The van der Waals surface area contributed by atoms with Crippen LogP contribution in [0.25, 0.3) is 0 Å². The first kappa shape index (κ1) is 7.56. The third kappa shape index (κ3) is 1.00. The summed E-state index contributed by atoms with van der Waals surface area (Å²) in [6.45, 7) is 2.50. The van der Waals surface area contributed by atoms with Gasteiger partial charge in [0.05, 0.1) is 0 Å². The summed E-state index contributed by atoms with van der Waals surface area (Å²) in [5.74, 6) is 0. The van der Waals surface area contributed by atoms with Crippen LogP contribution < -0.4 is 5.32 Å². The Balaban J connectivity index is 2.03. The summed E-state index contributed by atoms with van der Waals surface area (Å²) in [5.41, 5.74) is 0.670. The van der Waals surface area contributed by atoms with E-state index >= 15 is 0 Å². The molecule has 2 nitrogen and oxygen atoms in total. The second-order valence-electron chi connectivity index (χ2n) is 4.31. The Labute approximate surface area is 69.0 Å². The minimum absolute atomic E-state index is 0.670. The van der Waals surface area contributed by atoms with Gasteiger partial charge in [-0.05, 0) is 45.3 Å². The maximum Gasteiger partial charge on any atom is 0.0158 e. The zero-order chi connectivity index (χ0) is 7.90. The van der Waals surface area contributed by atoms with Crippen LogP contribution in [0.1, 0.15) is 19.3 Å². The summed E-state index contributed by atoms with van der Waals surface area (Å²) in [6, 6.07) is 0.859. The SMILES string of the molecule is CN(C)C1CCC12CCNC2. The molecule has 2 rings (SSSR count). The summed E-state index contributed by atoms with van der Waals surface area (Å²) in [7, 11) is 4.42. The molecule has 1 saturated heterocycles. The van der Waals surface area contributed by atoms with E-state index in [4.69, 9.17) is 0 Å². The van der Waals surface area contributed by atoms with Crippen molar-refractivity contribution in [1.29, 1.82) is 0 Å². The van der Waals surface area contributed by atoms with Crippen LogP contribution in [0.5, 0.6) is 0 Å². The standard InChI is InChI=1S/C9H18N2/c1-11(2)8-3-4-9(8)5-6-10-7-9/h8,10H,3-7H2,1-2H3. The molecule has 0 aromatic heterocycles. The molecule has 2 fully saturated rings. The van der Waals surface area contributed by atoms with Crippen molar-refractivity contribution in [3.05, 3.63) is 0 Å². The second-order valence-corrected chi connectivity index (χ2v) is 4.31. The molecule has 1 spiro atoms. The minimum atomic E-state index is 0.670. The molecule has 2 unspecified atom stereocenters. The first-order valence-corrected chi connectivity index (χ1v) is 4.62. The van der Waals surface area contributed by atoms with Crippen molar-refractivity contribution in [2.24, 2.45) is 5.41 Å². The molecule has 1 N–H and O–H groups in total. The van der Waals surface area contributed by atoms with E-state index in [9.17, 15) is 0 Å². The Hall–Kier alpha value is -0.0800. The van der Waals surface area contributed by atoms with E-state index in [1.54, 1.807) is 0 Å². The van der Waals surface area contributed by atoms with Crippen molar-refractivity contribution in [1.82, 2.24) is 10.2 Å². The third-order valence-corrected chi connectivity index (χ3v) is 3.52. The lowest BCUT2D eigenvalue weighted by Gasteiger charge is -2.50. The molecule has 0 radical (unpaired) electrons. The Morgan fingerprint density at radius 1 is 1.36 bits per heavy atom. The number of rotatable bonds is 1. The number of hydrogen-bond acceptors (Lipinski definition) is 2. The van der Waals surface area contributed by atoms with E-state index in [0.717, 1.165) is 6.04 Å². The fourth-order valence-corrected chi connectivity index (χ4v) is 2.75. The van der Waals surface area contributed by atoms with E-state index in [0.29, 0.717) is 5.41 Å². The van der Waals surface area contributed by atoms with Crippen LogP contribution in [0, 0.1) is 5.41 Å². The van der Waals surface area contributed by atoms with Crippen molar-refractivity contribution in [2.45, 2.75) is 25.3 Å². The van der Waals surface area contributed by atoms with Crippen LogP contribution in [0.15, 0.2) is 0 Å². The van der Waals surface area contributed by atoms with E-state index in [-0.39, 0.29) is 0 Å². The van der Waals surface area contributed by atoms with Crippen molar-refractivity contribution >= 4 is 0 Å². The third-order valence-electron chi connectivity index (χ3n) is 3.52. The van der Waals surface area contributed by atoms with E-state index in [2.05, 4.69) is 24.3 Å². The highest BCUT2D eigenvalue weighted by Crippen LogP contribution is 2.47.